The van der Waals surface area contributed by atoms with Gasteiger partial charge in [-0.25, -0.2) is 0 Å². The summed E-state index contributed by atoms with van der Waals surface area (Å²) >= 11 is 0. The van der Waals surface area contributed by atoms with E-state index in [9.17, 15) is 0 Å². The summed E-state index contributed by atoms with van der Waals surface area (Å²) in [6.07, 6.45) is 2.61. The molecule has 0 spiro atoms. The molecular formula is C14H32N4. The molecule has 1 N–H and O–H groups in total. The average molecular weight is 256 g/mol. The van der Waals surface area contributed by atoms with Crippen LogP contribution in [-0.4, -0.2) is 87.7 Å². The lowest BCUT2D eigenvalue weighted by atomic mass is 10.1. The zero-order valence-electron chi connectivity index (χ0n) is 12.8. The van der Waals surface area contributed by atoms with Gasteiger partial charge in [-0.2, -0.15) is 0 Å². The molecule has 1 aliphatic rings. The Hall–Kier alpha value is -0.160. The van der Waals surface area contributed by atoms with Crippen LogP contribution in [0.1, 0.15) is 19.8 Å². The second-order valence-corrected chi connectivity index (χ2v) is 5.78. The molecule has 0 aromatic heterocycles. The first-order valence-corrected chi connectivity index (χ1v) is 7.39. The van der Waals surface area contributed by atoms with Crippen LogP contribution in [0.5, 0.6) is 0 Å². The average Bonchev–Trinajstić information content (AvgIpc) is 2.37. The molecule has 1 rings (SSSR count). The highest BCUT2D eigenvalue weighted by molar-refractivity contribution is 4.76. The van der Waals surface area contributed by atoms with E-state index < -0.39 is 0 Å². The van der Waals surface area contributed by atoms with Crippen molar-refractivity contribution in [3.8, 4) is 0 Å². The van der Waals surface area contributed by atoms with Crippen LogP contribution in [-0.2, 0) is 0 Å². The lowest BCUT2D eigenvalue weighted by Crippen LogP contribution is -2.50. The van der Waals surface area contributed by atoms with Gasteiger partial charge >= 0.3 is 0 Å². The maximum atomic E-state index is 3.23. The molecule has 0 bridgehead atoms. The first kappa shape index (κ1) is 15.9. The van der Waals surface area contributed by atoms with E-state index in [1.54, 1.807) is 0 Å². The first-order valence-electron chi connectivity index (χ1n) is 7.39. The third kappa shape index (κ3) is 6.14. The summed E-state index contributed by atoms with van der Waals surface area (Å²) in [5.41, 5.74) is 0. The molecule has 0 aromatic carbocycles. The highest BCUT2D eigenvalue weighted by atomic mass is 15.3. The zero-order valence-corrected chi connectivity index (χ0v) is 12.8. The molecule has 108 valence electrons. The van der Waals surface area contributed by atoms with E-state index in [2.05, 4.69) is 41.0 Å². The minimum absolute atomic E-state index is 0.745. The Morgan fingerprint density at radius 2 is 1.83 bits per heavy atom. The van der Waals surface area contributed by atoms with Crippen LogP contribution < -0.4 is 5.32 Å². The van der Waals surface area contributed by atoms with E-state index in [4.69, 9.17) is 0 Å². The van der Waals surface area contributed by atoms with Crippen LogP contribution in [0.25, 0.3) is 0 Å². The topological polar surface area (TPSA) is 21.8 Å². The Kier molecular flexibility index (Phi) is 7.82. The van der Waals surface area contributed by atoms with Crippen LogP contribution in [0, 0.1) is 0 Å². The van der Waals surface area contributed by atoms with Gasteiger partial charge < -0.3 is 10.2 Å². The van der Waals surface area contributed by atoms with Crippen molar-refractivity contribution in [3.63, 3.8) is 0 Å². The number of rotatable bonds is 8. The zero-order chi connectivity index (χ0) is 13.4. The molecule has 4 nitrogen and oxygen atoms in total. The fraction of sp³-hybridized carbons (Fsp3) is 1.00. The first-order chi connectivity index (χ1) is 8.63. The fourth-order valence-electron chi connectivity index (χ4n) is 2.53. The third-order valence-corrected chi connectivity index (χ3v) is 3.94. The molecule has 4 heteroatoms. The van der Waals surface area contributed by atoms with Crippen molar-refractivity contribution in [1.82, 2.24) is 20.0 Å². The minimum Gasteiger partial charge on any atom is -0.320 e. The summed E-state index contributed by atoms with van der Waals surface area (Å²) in [6.45, 7) is 10.9. The molecule has 1 fully saturated rings. The molecule has 0 radical (unpaired) electrons. The summed E-state index contributed by atoms with van der Waals surface area (Å²) in [5.74, 6) is 0. The van der Waals surface area contributed by atoms with E-state index in [0.29, 0.717) is 0 Å². The molecule has 1 heterocycles. The van der Waals surface area contributed by atoms with E-state index >= 15 is 0 Å². The smallest absolute Gasteiger partial charge is 0.0113 e. The molecular weight excluding hydrogens is 224 g/mol. The Morgan fingerprint density at radius 1 is 1.17 bits per heavy atom. The van der Waals surface area contributed by atoms with Gasteiger partial charge in [0.05, 0.1) is 0 Å². The number of likely N-dealkylation sites (N-methyl/N-ethyl adjacent to an activating group) is 1. The highest BCUT2D eigenvalue weighted by Gasteiger charge is 2.20. The number of hydrogen-bond donors (Lipinski definition) is 1. The third-order valence-electron chi connectivity index (χ3n) is 3.94. The van der Waals surface area contributed by atoms with Crippen LogP contribution in [0.15, 0.2) is 0 Å². The number of nitrogens with zero attached hydrogens (tertiary/aromatic N) is 3. The van der Waals surface area contributed by atoms with Gasteiger partial charge in [-0.05, 0) is 47.5 Å². The van der Waals surface area contributed by atoms with E-state index in [-0.39, 0.29) is 0 Å². The Bertz CT molecular complexity index is 200. The molecule has 0 aliphatic carbocycles. The van der Waals surface area contributed by atoms with Gasteiger partial charge in [0.1, 0.15) is 0 Å². The Balaban J connectivity index is 2.14. The number of piperazine rings is 1. The van der Waals surface area contributed by atoms with Crippen molar-refractivity contribution < 1.29 is 0 Å². The molecule has 0 aromatic rings. The monoisotopic (exact) mass is 256 g/mol. The van der Waals surface area contributed by atoms with Gasteiger partial charge in [-0.15, -0.1) is 0 Å². The Labute approximate surface area is 113 Å². The second kappa shape index (κ2) is 8.86. The highest BCUT2D eigenvalue weighted by Crippen LogP contribution is 2.10. The van der Waals surface area contributed by atoms with E-state index in [1.165, 1.54) is 52.1 Å². The lowest BCUT2D eigenvalue weighted by Gasteiger charge is -2.38. The maximum Gasteiger partial charge on any atom is 0.0113 e. The molecule has 0 amide bonds. The standard InChI is InChI=1S/C14H32N4/c1-14(6-5-7-15-2)18-12-10-17(11-13-18)9-8-16(3)4/h14-15H,5-13H2,1-4H3. The number of nitrogens with one attached hydrogen (secondary N) is 1. The molecule has 1 atom stereocenters. The predicted octanol–water partition coefficient (Wildman–Crippen LogP) is 0.554. The maximum absolute atomic E-state index is 3.23. The van der Waals surface area contributed by atoms with Gasteiger partial charge in [0.15, 0.2) is 0 Å². The molecule has 0 saturated carbocycles. The van der Waals surface area contributed by atoms with Gasteiger partial charge in [0, 0.05) is 45.3 Å². The molecule has 1 aliphatic heterocycles. The van der Waals surface area contributed by atoms with Crippen LogP contribution >= 0.6 is 0 Å². The fourth-order valence-corrected chi connectivity index (χ4v) is 2.53. The Morgan fingerprint density at radius 3 is 2.39 bits per heavy atom. The van der Waals surface area contributed by atoms with Gasteiger partial charge in [-0.3, -0.25) is 9.80 Å². The normalized spacial score (nSPS) is 20.5. The van der Waals surface area contributed by atoms with Crippen molar-refractivity contribution in [2.45, 2.75) is 25.8 Å². The van der Waals surface area contributed by atoms with E-state index in [1.807, 2.05) is 7.05 Å². The van der Waals surface area contributed by atoms with Crippen LogP contribution in [0.2, 0.25) is 0 Å². The van der Waals surface area contributed by atoms with Crippen LogP contribution in [0.4, 0.5) is 0 Å². The van der Waals surface area contributed by atoms with Gasteiger partial charge in [0.2, 0.25) is 0 Å². The molecule has 18 heavy (non-hydrogen) atoms. The largest absolute Gasteiger partial charge is 0.320 e. The predicted molar refractivity (Wildman–Crippen MR) is 79.2 cm³/mol. The van der Waals surface area contributed by atoms with Crippen molar-refractivity contribution >= 4 is 0 Å². The van der Waals surface area contributed by atoms with Crippen LogP contribution in [0.3, 0.4) is 0 Å². The molecule has 1 saturated heterocycles. The van der Waals surface area contributed by atoms with Crippen molar-refractivity contribution in [3.05, 3.63) is 0 Å². The second-order valence-electron chi connectivity index (χ2n) is 5.78. The summed E-state index contributed by atoms with van der Waals surface area (Å²) in [7, 11) is 6.34. The summed E-state index contributed by atoms with van der Waals surface area (Å²) in [6, 6.07) is 0.745. The van der Waals surface area contributed by atoms with Gasteiger partial charge in [0.25, 0.3) is 0 Å². The SMILES string of the molecule is CNCCCC(C)N1CCN(CCN(C)C)CC1. The van der Waals surface area contributed by atoms with Gasteiger partial charge in [-0.1, -0.05) is 0 Å². The van der Waals surface area contributed by atoms with Crippen molar-refractivity contribution in [1.29, 1.82) is 0 Å². The van der Waals surface area contributed by atoms with Crippen molar-refractivity contribution in [2.24, 2.45) is 0 Å². The summed E-state index contributed by atoms with van der Waals surface area (Å²) in [5, 5.41) is 3.23. The lowest BCUT2D eigenvalue weighted by molar-refractivity contribution is 0.0937. The van der Waals surface area contributed by atoms with Crippen molar-refractivity contribution in [2.75, 3.05) is 67.0 Å². The van der Waals surface area contributed by atoms with E-state index in [0.717, 1.165) is 12.6 Å². The minimum atomic E-state index is 0.745. The summed E-state index contributed by atoms with van der Waals surface area (Å²) < 4.78 is 0. The summed E-state index contributed by atoms with van der Waals surface area (Å²) in [4.78, 5) is 7.52. The number of hydrogen-bond acceptors (Lipinski definition) is 4. The molecule has 1 unspecified atom stereocenters. The quantitative estimate of drug-likeness (QED) is 0.640.